The standard InChI is InChI=1S/C20H30N2O/c1-16(23)22-12-10-17(15-22)14-21(3)19-9-11-20(2,13-19)18-7-5-4-6-8-18/h4-8,17,19H,9-15H2,1-3H3/t17-,19-,20-/m1/s1. The van der Waals surface area contributed by atoms with Crippen LogP contribution in [0.4, 0.5) is 0 Å². The van der Waals surface area contributed by atoms with E-state index in [2.05, 4.69) is 49.2 Å². The maximum atomic E-state index is 11.5. The van der Waals surface area contributed by atoms with Gasteiger partial charge >= 0.3 is 0 Å². The van der Waals surface area contributed by atoms with Crippen molar-refractivity contribution in [1.82, 2.24) is 9.80 Å². The first-order chi connectivity index (χ1) is 11.0. The van der Waals surface area contributed by atoms with Crippen LogP contribution in [0, 0.1) is 5.92 Å². The Bertz CT molecular complexity index is 544. The number of carbonyl (C=O) groups is 1. The van der Waals surface area contributed by atoms with Gasteiger partial charge in [-0.1, -0.05) is 37.3 Å². The summed E-state index contributed by atoms with van der Waals surface area (Å²) in [7, 11) is 2.28. The predicted molar refractivity (Wildman–Crippen MR) is 94.4 cm³/mol. The van der Waals surface area contributed by atoms with Gasteiger partial charge in [-0.2, -0.15) is 0 Å². The number of likely N-dealkylation sites (tertiary alicyclic amines) is 1. The number of carbonyl (C=O) groups excluding carboxylic acids is 1. The van der Waals surface area contributed by atoms with Crippen molar-refractivity contribution in [2.45, 2.75) is 51.0 Å². The van der Waals surface area contributed by atoms with Gasteiger partial charge in [0.1, 0.15) is 0 Å². The summed E-state index contributed by atoms with van der Waals surface area (Å²) < 4.78 is 0. The van der Waals surface area contributed by atoms with Crippen molar-refractivity contribution in [1.29, 1.82) is 0 Å². The first-order valence-corrected chi connectivity index (χ1v) is 8.99. The number of rotatable bonds is 4. The quantitative estimate of drug-likeness (QED) is 0.851. The van der Waals surface area contributed by atoms with Gasteiger partial charge in [0.05, 0.1) is 0 Å². The van der Waals surface area contributed by atoms with Gasteiger partial charge in [0.2, 0.25) is 5.91 Å². The van der Waals surface area contributed by atoms with Crippen LogP contribution in [-0.2, 0) is 10.2 Å². The van der Waals surface area contributed by atoms with E-state index in [4.69, 9.17) is 0 Å². The van der Waals surface area contributed by atoms with Crippen molar-refractivity contribution in [2.24, 2.45) is 5.92 Å². The molecule has 0 bridgehead atoms. The third-order valence-electron chi connectivity index (χ3n) is 6.09. The Morgan fingerprint density at radius 2 is 2.04 bits per heavy atom. The molecule has 0 radical (unpaired) electrons. The molecule has 1 aliphatic carbocycles. The summed E-state index contributed by atoms with van der Waals surface area (Å²) in [6.45, 7) is 7.12. The Kier molecular flexibility index (Phi) is 4.77. The lowest BCUT2D eigenvalue weighted by Crippen LogP contribution is -2.36. The summed E-state index contributed by atoms with van der Waals surface area (Å²) in [6.07, 6.45) is 4.96. The lowest BCUT2D eigenvalue weighted by Gasteiger charge is -2.30. The van der Waals surface area contributed by atoms with Crippen LogP contribution in [0.1, 0.15) is 45.1 Å². The highest BCUT2D eigenvalue weighted by atomic mass is 16.2. The highest BCUT2D eigenvalue weighted by Crippen LogP contribution is 2.42. The molecule has 0 unspecified atom stereocenters. The van der Waals surface area contributed by atoms with Gasteiger partial charge in [-0.25, -0.2) is 0 Å². The molecule has 1 amide bonds. The van der Waals surface area contributed by atoms with E-state index in [1.165, 1.54) is 24.8 Å². The molecule has 1 saturated carbocycles. The minimum Gasteiger partial charge on any atom is -0.343 e. The summed E-state index contributed by atoms with van der Waals surface area (Å²) in [5, 5.41) is 0. The van der Waals surface area contributed by atoms with Crippen LogP contribution in [0.3, 0.4) is 0 Å². The molecule has 0 N–H and O–H groups in total. The Morgan fingerprint density at radius 1 is 1.30 bits per heavy atom. The van der Waals surface area contributed by atoms with Gasteiger partial charge in [-0.3, -0.25) is 4.79 Å². The van der Waals surface area contributed by atoms with E-state index in [1.807, 2.05) is 4.90 Å². The molecule has 1 aromatic rings. The zero-order chi connectivity index (χ0) is 16.4. The second kappa shape index (κ2) is 6.64. The molecule has 2 aliphatic rings. The Hall–Kier alpha value is -1.35. The van der Waals surface area contributed by atoms with E-state index in [0.29, 0.717) is 17.4 Å². The Morgan fingerprint density at radius 3 is 2.70 bits per heavy atom. The zero-order valence-corrected chi connectivity index (χ0v) is 14.8. The van der Waals surface area contributed by atoms with Gasteiger partial charge < -0.3 is 9.80 Å². The largest absolute Gasteiger partial charge is 0.343 e. The van der Waals surface area contributed by atoms with Crippen LogP contribution in [0.15, 0.2) is 30.3 Å². The molecule has 2 fully saturated rings. The molecule has 1 heterocycles. The molecule has 0 spiro atoms. The topological polar surface area (TPSA) is 23.6 Å². The van der Waals surface area contributed by atoms with Crippen molar-refractivity contribution < 1.29 is 4.79 Å². The minimum atomic E-state index is 0.229. The Balaban J connectivity index is 1.56. The van der Waals surface area contributed by atoms with E-state index < -0.39 is 0 Å². The van der Waals surface area contributed by atoms with Crippen LogP contribution in [0.2, 0.25) is 0 Å². The Labute approximate surface area is 140 Å². The van der Waals surface area contributed by atoms with Crippen molar-refractivity contribution >= 4 is 5.91 Å². The minimum absolute atomic E-state index is 0.229. The third kappa shape index (κ3) is 3.60. The summed E-state index contributed by atoms with van der Waals surface area (Å²) in [4.78, 5) is 16.0. The number of nitrogens with zero attached hydrogens (tertiary/aromatic N) is 2. The molecule has 1 aromatic carbocycles. The second-order valence-corrected chi connectivity index (χ2v) is 7.88. The smallest absolute Gasteiger partial charge is 0.219 e. The van der Waals surface area contributed by atoms with E-state index in [9.17, 15) is 4.79 Å². The van der Waals surface area contributed by atoms with E-state index in [0.717, 1.165) is 26.1 Å². The summed E-state index contributed by atoms with van der Waals surface area (Å²) in [5.41, 5.74) is 1.81. The van der Waals surface area contributed by atoms with E-state index in [1.54, 1.807) is 6.92 Å². The normalized spacial score (nSPS) is 31.0. The number of hydrogen-bond donors (Lipinski definition) is 0. The average Bonchev–Trinajstić information content (AvgIpc) is 3.16. The fraction of sp³-hybridized carbons (Fsp3) is 0.650. The predicted octanol–water partition coefficient (Wildman–Crippen LogP) is 3.30. The van der Waals surface area contributed by atoms with Crippen LogP contribution in [0.5, 0.6) is 0 Å². The third-order valence-corrected chi connectivity index (χ3v) is 6.09. The molecule has 3 rings (SSSR count). The summed E-state index contributed by atoms with van der Waals surface area (Å²) in [5.74, 6) is 0.875. The summed E-state index contributed by atoms with van der Waals surface area (Å²) in [6, 6.07) is 11.7. The molecule has 3 atom stereocenters. The highest BCUT2D eigenvalue weighted by molar-refractivity contribution is 5.73. The SMILES string of the molecule is CC(=O)N1CC[C@H](CN(C)[C@@H]2CC[C@@](C)(c3ccccc3)C2)C1. The van der Waals surface area contributed by atoms with Gasteiger partial charge in [-0.05, 0) is 49.6 Å². The summed E-state index contributed by atoms with van der Waals surface area (Å²) >= 11 is 0. The molecule has 3 nitrogen and oxygen atoms in total. The molecule has 3 heteroatoms. The fourth-order valence-electron chi connectivity index (χ4n) is 4.51. The number of benzene rings is 1. The van der Waals surface area contributed by atoms with Crippen LogP contribution in [-0.4, -0.2) is 48.4 Å². The zero-order valence-electron chi connectivity index (χ0n) is 14.8. The van der Waals surface area contributed by atoms with Crippen molar-refractivity contribution in [3.05, 3.63) is 35.9 Å². The van der Waals surface area contributed by atoms with Gasteiger partial charge in [0.15, 0.2) is 0 Å². The first kappa shape index (κ1) is 16.5. The fourth-order valence-corrected chi connectivity index (χ4v) is 4.51. The molecule has 1 aliphatic heterocycles. The van der Waals surface area contributed by atoms with E-state index in [-0.39, 0.29) is 5.91 Å². The van der Waals surface area contributed by atoms with Crippen LogP contribution in [0.25, 0.3) is 0 Å². The second-order valence-electron chi connectivity index (χ2n) is 7.88. The molecule has 0 aromatic heterocycles. The van der Waals surface area contributed by atoms with Crippen molar-refractivity contribution in [3.8, 4) is 0 Å². The number of hydrogen-bond acceptors (Lipinski definition) is 2. The van der Waals surface area contributed by atoms with Crippen molar-refractivity contribution in [2.75, 3.05) is 26.7 Å². The molecule has 126 valence electrons. The van der Waals surface area contributed by atoms with Gasteiger partial charge in [-0.15, -0.1) is 0 Å². The van der Waals surface area contributed by atoms with E-state index >= 15 is 0 Å². The van der Waals surface area contributed by atoms with Gasteiger partial charge in [0.25, 0.3) is 0 Å². The van der Waals surface area contributed by atoms with Crippen molar-refractivity contribution in [3.63, 3.8) is 0 Å². The first-order valence-electron chi connectivity index (χ1n) is 8.99. The van der Waals surface area contributed by atoms with Crippen LogP contribution < -0.4 is 0 Å². The molecule has 1 saturated heterocycles. The monoisotopic (exact) mass is 314 g/mol. The maximum absolute atomic E-state index is 11.5. The molecule has 23 heavy (non-hydrogen) atoms. The lowest BCUT2D eigenvalue weighted by molar-refractivity contribution is -0.127. The highest BCUT2D eigenvalue weighted by Gasteiger charge is 2.38. The maximum Gasteiger partial charge on any atom is 0.219 e. The van der Waals surface area contributed by atoms with Crippen LogP contribution >= 0.6 is 0 Å². The lowest BCUT2D eigenvalue weighted by atomic mass is 9.81. The molecular formula is C20H30N2O. The molecular weight excluding hydrogens is 284 g/mol. The average molecular weight is 314 g/mol. The van der Waals surface area contributed by atoms with Gasteiger partial charge in [0, 0.05) is 32.6 Å². The number of amides is 1.